The average molecular weight is 452 g/mol. The van der Waals surface area contributed by atoms with Gasteiger partial charge in [-0.05, 0) is 41.5 Å². The maximum Gasteiger partial charge on any atom is 0.501 e. The van der Waals surface area contributed by atoms with Gasteiger partial charge in [-0.2, -0.15) is 39.5 Å². The topological polar surface area (TPSA) is 27.7 Å². The van der Waals surface area contributed by atoms with Crippen molar-refractivity contribution in [3.8, 4) is 0 Å². The first-order chi connectivity index (χ1) is 12.1. The van der Waals surface area contributed by atoms with Gasteiger partial charge in [-0.3, -0.25) is 0 Å². The van der Waals surface area contributed by atoms with E-state index in [2.05, 4.69) is 0 Å². The Hall–Kier alpha value is -0.533. The Balaban J connectivity index is 6.23. The molecule has 0 heterocycles. The Morgan fingerprint density at radius 1 is 0.679 bits per heavy atom. The molecule has 0 atom stereocenters. The van der Waals surface area contributed by atoms with E-state index in [9.17, 15) is 39.5 Å². The summed E-state index contributed by atoms with van der Waals surface area (Å²) in [4.78, 5) is 0. The molecule has 0 aromatic rings. The molecule has 0 fully saturated rings. The van der Waals surface area contributed by atoms with Gasteiger partial charge in [0.2, 0.25) is 0 Å². The molecule has 3 nitrogen and oxygen atoms in total. The normalized spacial score (nSPS) is 15.6. The minimum atomic E-state index is -7.00. The van der Waals surface area contributed by atoms with E-state index in [0.717, 1.165) is 0 Å². The van der Waals surface area contributed by atoms with E-state index in [4.69, 9.17) is 13.3 Å². The molecule has 0 aliphatic carbocycles. The van der Waals surface area contributed by atoms with Gasteiger partial charge in [-0.25, -0.2) is 0 Å². The van der Waals surface area contributed by atoms with E-state index < -0.39 is 50.6 Å². The highest BCUT2D eigenvalue weighted by atomic mass is 28.4. The number of alkyl halides is 9. The van der Waals surface area contributed by atoms with Crippen molar-refractivity contribution in [2.45, 2.75) is 96.3 Å². The predicted octanol–water partition coefficient (Wildman–Crippen LogP) is 6.06. The van der Waals surface area contributed by atoms with Crippen LogP contribution in [-0.2, 0) is 13.3 Å². The Morgan fingerprint density at radius 2 is 1.04 bits per heavy atom. The van der Waals surface area contributed by atoms with Gasteiger partial charge < -0.3 is 13.3 Å². The number of rotatable bonds is 10. The Kier molecular flexibility index (Phi) is 8.15. The summed E-state index contributed by atoms with van der Waals surface area (Å²) in [7, 11) is -4.16. The number of hydrogen-bond acceptors (Lipinski definition) is 3. The molecule has 0 spiro atoms. The minimum absolute atomic E-state index is 0.218. The number of hydrogen-bond donors (Lipinski definition) is 0. The standard InChI is InChI=1S/C15H25F9O3Si/c1-8-28(25-9(2)3,26-10(4)5)27-11(6,7)12(16,17)13(18,19)14(20,21)15(22,23)24/h9-10H,8H2,1-7H3. The van der Waals surface area contributed by atoms with Crippen molar-refractivity contribution in [3.63, 3.8) is 0 Å². The first-order valence-corrected chi connectivity index (χ1v) is 10.3. The quantitative estimate of drug-likeness (QED) is 0.298. The molecule has 28 heavy (non-hydrogen) atoms. The van der Waals surface area contributed by atoms with E-state index in [1.807, 2.05) is 0 Å². The van der Waals surface area contributed by atoms with Gasteiger partial charge in [0.15, 0.2) is 0 Å². The Labute approximate surface area is 158 Å². The summed E-state index contributed by atoms with van der Waals surface area (Å²) in [5.41, 5.74) is -3.49. The smallest absolute Gasteiger partial charge is 0.371 e. The summed E-state index contributed by atoms with van der Waals surface area (Å²) in [6.45, 7) is 7.79. The van der Waals surface area contributed by atoms with Crippen molar-refractivity contribution in [1.29, 1.82) is 0 Å². The first kappa shape index (κ1) is 27.5. The van der Waals surface area contributed by atoms with Crippen LogP contribution in [0, 0.1) is 0 Å². The fourth-order valence-electron chi connectivity index (χ4n) is 2.24. The van der Waals surface area contributed by atoms with E-state index in [0.29, 0.717) is 0 Å². The lowest BCUT2D eigenvalue weighted by atomic mass is 9.90. The van der Waals surface area contributed by atoms with Crippen molar-refractivity contribution >= 4 is 8.80 Å². The zero-order valence-corrected chi connectivity index (χ0v) is 17.5. The summed E-state index contributed by atoms with van der Waals surface area (Å²) >= 11 is 0. The van der Waals surface area contributed by atoms with Gasteiger partial charge in [0, 0.05) is 18.3 Å². The zero-order valence-electron chi connectivity index (χ0n) is 16.5. The zero-order chi connectivity index (χ0) is 23.0. The van der Waals surface area contributed by atoms with Crippen LogP contribution in [0.3, 0.4) is 0 Å². The predicted molar refractivity (Wildman–Crippen MR) is 84.7 cm³/mol. The third-order valence-electron chi connectivity index (χ3n) is 3.58. The van der Waals surface area contributed by atoms with E-state index in [1.54, 1.807) is 0 Å². The van der Waals surface area contributed by atoms with E-state index in [-0.39, 0.29) is 19.9 Å². The van der Waals surface area contributed by atoms with Crippen LogP contribution in [0.25, 0.3) is 0 Å². The van der Waals surface area contributed by atoms with Gasteiger partial charge in [0.1, 0.15) is 5.60 Å². The van der Waals surface area contributed by atoms with Crippen molar-refractivity contribution in [2.75, 3.05) is 0 Å². The minimum Gasteiger partial charge on any atom is -0.371 e. The van der Waals surface area contributed by atoms with E-state index >= 15 is 0 Å². The lowest BCUT2D eigenvalue weighted by Crippen LogP contribution is -2.70. The molecule has 0 aliphatic rings. The van der Waals surface area contributed by atoms with Crippen LogP contribution in [0.2, 0.25) is 6.04 Å². The molecule has 0 rings (SSSR count). The third-order valence-corrected chi connectivity index (χ3v) is 6.92. The molecule has 13 heteroatoms. The molecule has 0 aromatic heterocycles. The SMILES string of the molecule is CC[Si](OC(C)C)(OC(C)C)OC(C)(C)C(F)(F)C(F)(F)C(F)(F)C(F)(F)F. The average Bonchev–Trinajstić information content (AvgIpc) is 2.43. The van der Waals surface area contributed by atoms with Gasteiger partial charge >= 0.3 is 32.7 Å². The lowest BCUT2D eigenvalue weighted by Gasteiger charge is -2.45. The number of halogens is 9. The van der Waals surface area contributed by atoms with Crippen LogP contribution >= 0.6 is 0 Å². The van der Waals surface area contributed by atoms with Crippen LogP contribution in [0.1, 0.15) is 48.5 Å². The molecule has 0 aliphatic heterocycles. The van der Waals surface area contributed by atoms with Crippen molar-refractivity contribution < 1.29 is 52.8 Å². The summed E-state index contributed by atoms with van der Waals surface area (Å²) < 4.78 is 136. The van der Waals surface area contributed by atoms with Gasteiger partial charge in [0.25, 0.3) is 0 Å². The monoisotopic (exact) mass is 452 g/mol. The molecule has 0 aromatic carbocycles. The maximum atomic E-state index is 14.4. The van der Waals surface area contributed by atoms with Crippen molar-refractivity contribution in [2.24, 2.45) is 0 Å². The Morgan fingerprint density at radius 3 is 1.29 bits per heavy atom. The second-order valence-corrected chi connectivity index (χ2v) is 9.95. The fourth-order valence-corrected chi connectivity index (χ4v) is 5.21. The summed E-state index contributed by atoms with van der Waals surface area (Å²) in [6.07, 6.45) is -8.28. The summed E-state index contributed by atoms with van der Waals surface area (Å²) in [5, 5.41) is 0. The molecule has 0 amide bonds. The molecule has 170 valence electrons. The van der Waals surface area contributed by atoms with Crippen LogP contribution in [0.5, 0.6) is 0 Å². The molecule has 0 unspecified atom stereocenters. The molecule has 0 saturated carbocycles. The van der Waals surface area contributed by atoms with E-state index in [1.165, 1.54) is 34.6 Å². The van der Waals surface area contributed by atoms with Crippen LogP contribution in [0.15, 0.2) is 0 Å². The fraction of sp³-hybridized carbons (Fsp3) is 1.00. The molecule has 0 bridgehead atoms. The van der Waals surface area contributed by atoms with Crippen LogP contribution in [0.4, 0.5) is 39.5 Å². The molecule has 0 saturated heterocycles. The van der Waals surface area contributed by atoms with Gasteiger partial charge in [-0.15, -0.1) is 0 Å². The summed E-state index contributed by atoms with van der Waals surface area (Å²) in [5.74, 6) is -19.7. The van der Waals surface area contributed by atoms with Crippen molar-refractivity contribution in [1.82, 2.24) is 0 Å². The highest BCUT2D eigenvalue weighted by Gasteiger charge is 2.85. The summed E-state index contributed by atoms with van der Waals surface area (Å²) in [6, 6.07) is -0.218. The second kappa shape index (κ2) is 8.30. The maximum absolute atomic E-state index is 14.4. The van der Waals surface area contributed by atoms with Crippen LogP contribution in [-0.4, -0.2) is 50.6 Å². The first-order valence-electron chi connectivity index (χ1n) is 8.36. The van der Waals surface area contributed by atoms with Gasteiger partial charge in [-0.1, -0.05) is 6.92 Å². The largest absolute Gasteiger partial charge is 0.501 e. The molecule has 0 radical (unpaired) electrons. The lowest BCUT2D eigenvalue weighted by molar-refractivity contribution is -0.413. The van der Waals surface area contributed by atoms with Crippen LogP contribution < -0.4 is 0 Å². The molecule has 0 N–H and O–H groups in total. The second-order valence-electron chi connectivity index (χ2n) is 7.20. The Bertz CT molecular complexity index is 509. The third kappa shape index (κ3) is 5.14. The molecular formula is C15H25F9O3Si. The highest BCUT2D eigenvalue weighted by molar-refractivity contribution is 6.60. The molecular weight excluding hydrogens is 427 g/mol. The highest BCUT2D eigenvalue weighted by Crippen LogP contribution is 2.57. The van der Waals surface area contributed by atoms with Gasteiger partial charge in [0.05, 0.1) is 0 Å². The van der Waals surface area contributed by atoms with Crippen molar-refractivity contribution in [3.05, 3.63) is 0 Å².